The van der Waals surface area contributed by atoms with Crippen LogP contribution in [0, 0.1) is 12.7 Å². The second-order valence-corrected chi connectivity index (χ2v) is 4.56. The van der Waals surface area contributed by atoms with Gasteiger partial charge in [-0.15, -0.1) is 11.3 Å². The molecule has 0 saturated carbocycles. The average molecular weight is 252 g/mol. The number of nitrogens with two attached hydrogens (primary N) is 1. The van der Waals surface area contributed by atoms with Gasteiger partial charge in [0.15, 0.2) is 11.6 Å². The number of benzene rings is 1. The molecule has 3 nitrogen and oxygen atoms in total. The molecule has 2 N–H and O–H groups in total. The zero-order valence-corrected chi connectivity index (χ0v) is 10.3. The van der Waals surface area contributed by atoms with Crippen LogP contribution in [0.4, 0.5) is 4.39 Å². The van der Waals surface area contributed by atoms with Gasteiger partial charge in [-0.05, 0) is 18.6 Å². The Labute approximate surface area is 103 Å². The minimum absolute atomic E-state index is 0.257. The normalized spacial score (nSPS) is 10.5. The van der Waals surface area contributed by atoms with Crippen LogP contribution in [0.1, 0.15) is 16.3 Å². The van der Waals surface area contributed by atoms with Crippen LogP contribution in [-0.4, -0.2) is 4.98 Å². The predicted octanol–water partition coefficient (Wildman–Crippen LogP) is 2.63. The van der Waals surface area contributed by atoms with Gasteiger partial charge in [0.25, 0.3) is 0 Å². The molecule has 2 aromatic rings. The molecule has 0 aliphatic rings. The van der Waals surface area contributed by atoms with Crippen molar-refractivity contribution in [1.29, 1.82) is 0 Å². The first kappa shape index (κ1) is 12.0. The van der Waals surface area contributed by atoms with E-state index in [0.717, 1.165) is 10.7 Å². The topological polar surface area (TPSA) is 48.1 Å². The van der Waals surface area contributed by atoms with Gasteiger partial charge >= 0.3 is 0 Å². The third-order valence-electron chi connectivity index (χ3n) is 2.31. The number of aromatic nitrogens is 1. The van der Waals surface area contributed by atoms with Gasteiger partial charge in [-0.3, -0.25) is 0 Å². The van der Waals surface area contributed by atoms with Crippen molar-refractivity contribution < 1.29 is 9.13 Å². The Balaban J connectivity index is 2.04. The highest BCUT2D eigenvalue weighted by molar-refractivity contribution is 7.09. The molecule has 5 heteroatoms. The molecule has 0 bridgehead atoms. The molecule has 0 unspecified atom stereocenters. The van der Waals surface area contributed by atoms with Gasteiger partial charge in [-0.2, -0.15) is 0 Å². The second kappa shape index (κ2) is 5.25. The lowest BCUT2D eigenvalue weighted by Crippen LogP contribution is -2.00. The molecule has 17 heavy (non-hydrogen) atoms. The Morgan fingerprint density at radius 3 is 3.00 bits per heavy atom. The van der Waals surface area contributed by atoms with Gasteiger partial charge in [-0.1, -0.05) is 12.1 Å². The van der Waals surface area contributed by atoms with Gasteiger partial charge in [0.05, 0.1) is 5.69 Å². The number of hydrogen-bond donors (Lipinski definition) is 1. The molecule has 0 radical (unpaired) electrons. The lowest BCUT2D eigenvalue weighted by molar-refractivity contribution is 0.286. The predicted molar refractivity (Wildman–Crippen MR) is 65.5 cm³/mol. The van der Waals surface area contributed by atoms with Gasteiger partial charge < -0.3 is 10.5 Å². The number of thiazole rings is 1. The second-order valence-electron chi connectivity index (χ2n) is 3.61. The summed E-state index contributed by atoms with van der Waals surface area (Å²) in [6, 6.07) is 5.08. The number of hydrogen-bond acceptors (Lipinski definition) is 4. The van der Waals surface area contributed by atoms with E-state index in [1.165, 1.54) is 11.3 Å². The Kier molecular flexibility index (Phi) is 3.71. The number of nitrogens with zero attached hydrogens (tertiary/aromatic N) is 1. The lowest BCUT2D eigenvalue weighted by atomic mass is 10.2. The lowest BCUT2D eigenvalue weighted by Gasteiger charge is -2.06. The highest BCUT2D eigenvalue weighted by Gasteiger charge is 2.07. The maximum Gasteiger partial charge on any atom is 0.167 e. The molecule has 0 atom stereocenters. The molecule has 1 heterocycles. The number of rotatable bonds is 4. The summed E-state index contributed by atoms with van der Waals surface area (Å²) in [5, 5.41) is 2.73. The summed E-state index contributed by atoms with van der Waals surface area (Å²) in [6.45, 7) is 2.39. The van der Waals surface area contributed by atoms with E-state index in [0.29, 0.717) is 12.1 Å². The Hall–Kier alpha value is -1.46. The van der Waals surface area contributed by atoms with Crippen molar-refractivity contribution in [3.05, 3.63) is 45.7 Å². The molecule has 0 amide bonds. The zero-order valence-electron chi connectivity index (χ0n) is 9.44. The van der Waals surface area contributed by atoms with E-state index in [9.17, 15) is 4.39 Å². The first-order valence-electron chi connectivity index (χ1n) is 5.22. The summed E-state index contributed by atoms with van der Waals surface area (Å²) in [5.41, 5.74) is 6.81. The number of aryl methyl sites for hydroxylation is 1. The molecule has 0 aliphatic heterocycles. The molecule has 0 aliphatic carbocycles. The molecule has 0 fully saturated rings. The minimum atomic E-state index is -0.318. The fourth-order valence-corrected chi connectivity index (χ4v) is 2.05. The highest BCUT2D eigenvalue weighted by Crippen LogP contribution is 2.21. The van der Waals surface area contributed by atoms with Crippen molar-refractivity contribution in [2.75, 3.05) is 0 Å². The monoisotopic (exact) mass is 252 g/mol. The molecule has 2 rings (SSSR count). The standard InChI is InChI=1S/C12H13FN2OS/c1-8-3-2-4-10(12(8)13)16-6-9-7-17-11(5-14)15-9/h2-4,7H,5-6,14H2,1H3. The van der Waals surface area contributed by atoms with Crippen LogP contribution in [-0.2, 0) is 13.2 Å². The SMILES string of the molecule is Cc1cccc(OCc2csc(CN)n2)c1F. The maximum atomic E-state index is 13.6. The third kappa shape index (κ3) is 2.81. The fraction of sp³-hybridized carbons (Fsp3) is 0.250. The van der Waals surface area contributed by atoms with Crippen LogP contribution < -0.4 is 10.5 Å². The summed E-state index contributed by atoms with van der Waals surface area (Å²) in [6.07, 6.45) is 0. The molecular formula is C12H13FN2OS. The fourth-order valence-electron chi connectivity index (χ4n) is 1.39. The zero-order chi connectivity index (χ0) is 12.3. The van der Waals surface area contributed by atoms with E-state index in [2.05, 4.69) is 4.98 Å². The van der Waals surface area contributed by atoms with E-state index in [-0.39, 0.29) is 18.2 Å². The van der Waals surface area contributed by atoms with Crippen molar-refractivity contribution in [3.63, 3.8) is 0 Å². The van der Waals surface area contributed by atoms with E-state index >= 15 is 0 Å². The van der Waals surface area contributed by atoms with E-state index in [1.54, 1.807) is 25.1 Å². The van der Waals surface area contributed by atoms with Crippen molar-refractivity contribution >= 4 is 11.3 Å². The first-order valence-corrected chi connectivity index (χ1v) is 6.10. The summed E-state index contributed by atoms with van der Waals surface area (Å²) >= 11 is 1.48. The summed E-state index contributed by atoms with van der Waals surface area (Å²) in [5.74, 6) is -0.0610. The first-order chi connectivity index (χ1) is 8.20. The molecular weight excluding hydrogens is 239 g/mol. The smallest absolute Gasteiger partial charge is 0.167 e. The molecule has 0 spiro atoms. The van der Waals surface area contributed by atoms with E-state index in [1.807, 2.05) is 5.38 Å². The number of ether oxygens (including phenoxy) is 1. The maximum absolute atomic E-state index is 13.6. The van der Waals surface area contributed by atoms with Crippen LogP contribution >= 0.6 is 11.3 Å². The third-order valence-corrected chi connectivity index (χ3v) is 3.23. The Morgan fingerprint density at radius 1 is 1.47 bits per heavy atom. The summed E-state index contributed by atoms with van der Waals surface area (Å²) in [7, 11) is 0. The molecule has 1 aromatic carbocycles. The molecule has 1 aromatic heterocycles. The van der Waals surface area contributed by atoms with Crippen LogP contribution in [0.25, 0.3) is 0 Å². The Morgan fingerprint density at radius 2 is 2.29 bits per heavy atom. The Bertz CT molecular complexity index is 513. The minimum Gasteiger partial charge on any atom is -0.484 e. The van der Waals surface area contributed by atoms with Crippen molar-refractivity contribution in [2.45, 2.75) is 20.1 Å². The largest absolute Gasteiger partial charge is 0.484 e. The highest BCUT2D eigenvalue weighted by atomic mass is 32.1. The van der Waals surface area contributed by atoms with Crippen molar-refractivity contribution in [1.82, 2.24) is 4.98 Å². The summed E-state index contributed by atoms with van der Waals surface area (Å²) in [4.78, 5) is 4.24. The van der Waals surface area contributed by atoms with Crippen LogP contribution in [0.2, 0.25) is 0 Å². The summed E-state index contributed by atoms with van der Waals surface area (Å²) < 4.78 is 19.0. The molecule has 90 valence electrons. The van der Waals surface area contributed by atoms with Crippen LogP contribution in [0.3, 0.4) is 0 Å². The molecule has 0 saturated heterocycles. The van der Waals surface area contributed by atoms with Gasteiger partial charge in [0.1, 0.15) is 11.6 Å². The van der Waals surface area contributed by atoms with Crippen LogP contribution in [0.15, 0.2) is 23.6 Å². The quantitative estimate of drug-likeness (QED) is 0.910. The van der Waals surface area contributed by atoms with Crippen LogP contribution in [0.5, 0.6) is 5.75 Å². The number of halogens is 1. The average Bonchev–Trinajstić information content (AvgIpc) is 2.79. The van der Waals surface area contributed by atoms with Crippen molar-refractivity contribution in [2.24, 2.45) is 5.73 Å². The van der Waals surface area contributed by atoms with Gasteiger partial charge in [-0.25, -0.2) is 9.37 Å². The van der Waals surface area contributed by atoms with Crippen molar-refractivity contribution in [3.8, 4) is 5.75 Å². The van der Waals surface area contributed by atoms with E-state index in [4.69, 9.17) is 10.5 Å². The van der Waals surface area contributed by atoms with Gasteiger partial charge in [0.2, 0.25) is 0 Å². The van der Waals surface area contributed by atoms with E-state index < -0.39 is 0 Å². The van der Waals surface area contributed by atoms with Gasteiger partial charge in [0, 0.05) is 11.9 Å².